The van der Waals surface area contributed by atoms with Gasteiger partial charge in [0.1, 0.15) is 10.6 Å². The second-order valence-electron chi connectivity index (χ2n) is 11.1. The first kappa shape index (κ1) is 31.5. The predicted octanol–water partition coefficient (Wildman–Crippen LogP) is 5.74. The van der Waals surface area contributed by atoms with Crippen molar-refractivity contribution in [1.29, 1.82) is 0 Å². The highest BCUT2D eigenvalue weighted by Crippen LogP contribution is 2.30. The third-order valence-electron chi connectivity index (χ3n) is 7.54. The molecule has 3 aromatic carbocycles. The van der Waals surface area contributed by atoms with Gasteiger partial charge in [-0.2, -0.15) is 0 Å². The van der Waals surface area contributed by atoms with E-state index < -0.39 is 17.0 Å². The minimum atomic E-state index is -0.628. The van der Waals surface area contributed by atoms with Gasteiger partial charge in [0.2, 0.25) is 0 Å². The van der Waals surface area contributed by atoms with E-state index in [0.29, 0.717) is 33.1 Å². The zero-order chi connectivity index (χ0) is 33.1. The van der Waals surface area contributed by atoms with Crippen LogP contribution in [0, 0.1) is 0 Å². The van der Waals surface area contributed by atoms with E-state index in [1.165, 1.54) is 17.5 Å². The number of rotatable bonds is 11. The van der Waals surface area contributed by atoms with E-state index >= 15 is 0 Å². The summed E-state index contributed by atoms with van der Waals surface area (Å²) in [5.74, 6) is 0.384. The van der Waals surface area contributed by atoms with E-state index in [2.05, 4.69) is 15.6 Å². The van der Waals surface area contributed by atoms with Gasteiger partial charge in [0.15, 0.2) is 5.82 Å². The maximum atomic E-state index is 14.2. The molecule has 3 aromatic heterocycles. The minimum absolute atomic E-state index is 0.162. The van der Waals surface area contributed by atoms with Gasteiger partial charge in [-0.25, -0.2) is 14.2 Å². The number of benzene rings is 3. The van der Waals surface area contributed by atoms with Crippen LogP contribution in [0.4, 0.5) is 0 Å². The number of methoxy groups -OCH3 is 1. The monoisotopic (exact) mass is 651 g/mol. The van der Waals surface area contributed by atoms with E-state index in [4.69, 9.17) is 14.1 Å². The van der Waals surface area contributed by atoms with Crippen molar-refractivity contribution in [2.75, 3.05) is 7.11 Å². The molecule has 0 unspecified atom stereocenters. The Hall–Kier alpha value is -5.46. The molecule has 47 heavy (non-hydrogen) atoms. The maximum Gasteiger partial charge on any atom is 0.439 e. The Morgan fingerprint density at radius 1 is 1.02 bits per heavy atom. The Morgan fingerprint density at radius 2 is 1.74 bits per heavy atom. The number of hydrogen-bond donors (Lipinski definition) is 2. The van der Waals surface area contributed by atoms with Crippen LogP contribution in [0.5, 0.6) is 5.75 Å². The predicted molar refractivity (Wildman–Crippen MR) is 183 cm³/mol. The van der Waals surface area contributed by atoms with E-state index in [-0.39, 0.29) is 12.6 Å². The molecule has 0 saturated carbocycles. The van der Waals surface area contributed by atoms with Crippen LogP contribution >= 0.6 is 11.3 Å². The average molecular weight is 652 g/mol. The number of thiophene rings is 1. The van der Waals surface area contributed by atoms with Gasteiger partial charge in [0.25, 0.3) is 5.56 Å². The fourth-order valence-electron chi connectivity index (χ4n) is 5.15. The lowest BCUT2D eigenvalue weighted by atomic mass is 9.98. The standard InChI is InChI=1S/C35H33N5O6S/c1-5-26-18-29-32(41)39(20-30(37-45-21(2)3)24-14-16-25(44-4)17-15-24)35(43)40(33(29)47-26)19-22-10-12-23(13-11-22)27-8-6-7-9-28(27)31-36-34(42)46-38-31/h6-18,20-21,37H,5,19H2,1-4H3,(H,36,38,42). The highest BCUT2D eigenvalue weighted by Gasteiger charge is 2.18. The maximum absolute atomic E-state index is 14.2. The summed E-state index contributed by atoms with van der Waals surface area (Å²) < 4.78 is 12.8. The van der Waals surface area contributed by atoms with Crippen molar-refractivity contribution < 1.29 is 14.1 Å². The summed E-state index contributed by atoms with van der Waals surface area (Å²) in [5.41, 5.74) is 6.52. The SMILES string of the molecule is CCc1cc2c(=O)n(C=C(NOC(C)C)c3ccc(OC)cc3)c(=O)n(Cc3ccc(-c4ccccc4-c4noc(=O)[nH]4)cc3)c2s1. The van der Waals surface area contributed by atoms with Crippen molar-refractivity contribution in [3.05, 3.63) is 126 Å². The highest BCUT2D eigenvalue weighted by molar-refractivity contribution is 7.18. The van der Waals surface area contributed by atoms with Crippen molar-refractivity contribution in [3.8, 4) is 28.3 Å². The lowest BCUT2D eigenvalue weighted by molar-refractivity contribution is 0.0276. The summed E-state index contributed by atoms with van der Waals surface area (Å²) >= 11 is 1.45. The molecule has 6 aromatic rings. The van der Waals surface area contributed by atoms with Gasteiger partial charge < -0.3 is 4.74 Å². The molecule has 240 valence electrons. The third-order valence-corrected chi connectivity index (χ3v) is 8.84. The number of fused-ring (bicyclic) bond motifs is 1. The number of ether oxygens (including phenoxy) is 1. The van der Waals surface area contributed by atoms with Crippen LogP contribution in [0.15, 0.2) is 97.8 Å². The summed E-state index contributed by atoms with van der Waals surface area (Å²) in [6.07, 6.45) is 2.06. The molecule has 0 saturated heterocycles. The van der Waals surface area contributed by atoms with Crippen molar-refractivity contribution in [2.24, 2.45) is 0 Å². The molecule has 0 spiro atoms. The summed E-state index contributed by atoms with van der Waals surface area (Å²) in [6.45, 7) is 6.01. The van der Waals surface area contributed by atoms with Crippen molar-refractivity contribution in [3.63, 3.8) is 0 Å². The molecule has 11 nitrogen and oxygen atoms in total. The number of aryl methyl sites for hydroxylation is 1. The molecule has 0 atom stereocenters. The number of hydrogen-bond acceptors (Lipinski definition) is 9. The minimum Gasteiger partial charge on any atom is -0.497 e. The van der Waals surface area contributed by atoms with E-state index in [1.807, 2.05) is 87.5 Å². The smallest absolute Gasteiger partial charge is 0.439 e. The van der Waals surface area contributed by atoms with Crippen LogP contribution in [0.1, 0.15) is 36.8 Å². The number of nitrogens with zero attached hydrogens (tertiary/aromatic N) is 3. The fraction of sp³-hybridized carbons (Fsp3) is 0.200. The largest absolute Gasteiger partial charge is 0.497 e. The lowest BCUT2D eigenvalue weighted by Gasteiger charge is -2.16. The van der Waals surface area contributed by atoms with Crippen LogP contribution < -0.4 is 27.2 Å². The third kappa shape index (κ3) is 6.60. The summed E-state index contributed by atoms with van der Waals surface area (Å²) in [4.78, 5) is 49.5. The van der Waals surface area contributed by atoms with Crippen LogP contribution in [-0.2, 0) is 17.8 Å². The van der Waals surface area contributed by atoms with Gasteiger partial charge in [0.05, 0.1) is 30.8 Å². The second kappa shape index (κ2) is 13.5. The molecular formula is C35H33N5O6S. The van der Waals surface area contributed by atoms with Gasteiger partial charge in [-0.1, -0.05) is 60.6 Å². The second-order valence-corrected chi connectivity index (χ2v) is 12.2. The Balaban J connectivity index is 1.43. The first-order valence-corrected chi connectivity index (χ1v) is 15.9. The summed E-state index contributed by atoms with van der Waals surface area (Å²) in [5, 5.41) is 4.31. The zero-order valence-corrected chi connectivity index (χ0v) is 27.1. The van der Waals surface area contributed by atoms with Crippen molar-refractivity contribution in [1.82, 2.24) is 24.8 Å². The van der Waals surface area contributed by atoms with Gasteiger partial charge in [0, 0.05) is 22.2 Å². The van der Waals surface area contributed by atoms with Crippen molar-refractivity contribution in [2.45, 2.75) is 39.8 Å². The Labute approximate surface area is 273 Å². The highest BCUT2D eigenvalue weighted by atomic mass is 32.1. The Morgan fingerprint density at radius 3 is 2.38 bits per heavy atom. The van der Waals surface area contributed by atoms with E-state index in [9.17, 15) is 14.4 Å². The zero-order valence-electron chi connectivity index (χ0n) is 26.3. The van der Waals surface area contributed by atoms with Crippen LogP contribution in [0.25, 0.3) is 44.6 Å². The molecule has 0 fully saturated rings. The lowest BCUT2D eigenvalue weighted by Crippen LogP contribution is -2.37. The summed E-state index contributed by atoms with van der Waals surface area (Å²) in [6, 6.07) is 24.4. The first-order chi connectivity index (χ1) is 22.7. The molecular weight excluding hydrogens is 618 g/mol. The van der Waals surface area contributed by atoms with E-state index in [1.54, 1.807) is 23.8 Å². The first-order valence-electron chi connectivity index (χ1n) is 15.1. The normalized spacial score (nSPS) is 11.8. The molecule has 12 heteroatoms. The molecule has 0 aliphatic carbocycles. The number of aromatic nitrogens is 4. The molecule has 0 aliphatic heterocycles. The van der Waals surface area contributed by atoms with Gasteiger partial charge >= 0.3 is 11.4 Å². The molecule has 0 aliphatic rings. The summed E-state index contributed by atoms with van der Waals surface area (Å²) in [7, 11) is 1.59. The number of hydroxylamine groups is 1. The quantitative estimate of drug-likeness (QED) is 0.170. The number of H-pyrrole nitrogens is 1. The topological polar surface area (TPSA) is 133 Å². The molecule has 0 bridgehead atoms. The number of aromatic amines is 1. The molecule has 6 rings (SSSR count). The molecule has 0 radical (unpaired) electrons. The molecule has 0 amide bonds. The Bertz CT molecular complexity index is 2240. The van der Waals surface area contributed by atoms with Crippen LogP contribution in [0.3, 0.4) is 0 Å². The molecule has 2 N–H and O–H groups in total. The van der Waals surface area contributed by atoms with Crippen LogP contribution in [0.2, 0.25) is 0 Å². The fourth-order valence-corrected chi connectivity index (χ4v) is 6.22. The Kier molecular flexibility index (Phi) is 9.05. The van der Waals surface area contributed by atoms with Gasteiger partial charge in [-0.3, -0.25) is 29.2 Å². The van der Waals surface area contributed by atoms with Crippen molar-refractivity contribution >= 4 is 33.5 Å². The average Bonchev–Trinajstić information content (AvgIpc) is 3.73. The van der Waals surface area contributed by atoms with Crippen LogP contribution in [-0.4, -0.2) is 32.5 Å². The van der Waals surface area contributed by atoms with E-state index in [0.717, 1.165) is 38.1 Å². The van der Waals surface area contributed by atoms with Gasteiger partial charge in [-0.15, -0.1) is 11.3 Å². The van der Waals surface area contributed by atoms with Gasteiger partial charge in [-0.05, 0) is 67.3 Å². The number of nitrogens with one attached hydrogen (secondary N) is 2. The molecule has 3 heterocycles.